The number of benzene rings is 2. The molecule has 0 aromatic heterocycles. The minimum Gasteiger partial charge on any atom is -0.496 e. The van der Waals surface area contributed by atoms with Gasteiger partial charge in [-0.1, -0.05) is 36.6 Å². The van der Waals surface area contributed by atoms with Crippen LogP contribution in [0.4, 0.5) is 0 Å². The first-order chi connectivity index (χ1) is 14.8. The van der Waals surface area contributed by atoms with Crippen molar-refractivity contribution in [1.29, 1.82) is 0 Å². The molecule has 1 heterocycles. The summed E-state index contributed by atoms with van der Waals surface area (Å²) in [6, 6.07) is 10.5. The van der Waals surface area contributed by atoms with E-state index in [0.717, 1.165) is 25.7 Å². The predicted octanol–water partition coefficient (Wildman–Crippen LogP) is 3.95. The Morgan fingerprint density at radius 2 is 1.71 bits per heavy atom. The molecule has 0 unspecified atom stereocenters. The minimum absolute atomic E-state index is 0.00521. The molecule has 7 nitrogen and oxygen atoms in total. The number of methoxy groups -OCH3 is 1. The van der Waals surface area contributed by atoms with Crippen LogP contribution in [0.25, 0.3) is 0 Å². The smallest absolute Gasteiger partial charge is 0.338 e. The minimum atomic E-state index is -3.85. The number of hydrogen-bond donors (Lipinski definition) is 0. The summed E-state index contributed by atoms with van der Waals surface area (Å²) in [5.41, 5.74) is 0.295. The molecule has 1 aliphatic rings. The average molecular weight is 466 g/mol. The van der Waals surface area contributed by atoms with E-state index in [0.29, 0.717) is 24.4 Å². The first-order valence-corrected chi connectivity index (χ1v) is 11.8. The van der Waals surface area contributed by atoms with E-state index in [1.807, 2.05) is 0 Å². The van der Waals surface area contributed by atoms with Gasteiger partial charge in [0.15, 0.2) is 6.61 Å². The maximum atomic E-state index is 13.1. The Morgan fingerprint density at radius 1 is 1.03 bits per heavy atom. The van der Waals surface area contributed by atoms with E-state index in [1.54, 1.807) is 24.3 Å². The van der Waals surface area contributed by atoms with Crippen LogP contribution >= 0.6 is 11.6 Å². The van der Waals surface area contributed by atoms with Crippen LogP contribution in [-0.4, -0.2) is 51.3 Å². The summed E-state index contributed by atoms with van der Waals surface area (Å²) < 4.78 is 37.8. The molecule has 0 N–H and O–H groups in total. The molecule has 31 heavy (non-hydrogen) atoms. The van der Waals surface area contributed by atoms with Crippen LogP contribution < -0.4 is 4.74 Å². The number of Topliss-reactive ketones (excluding diaryl/α,β-unsaturated/α-hetero) is 1. The lowest BCUT2D eigenvalue weighted by Crippen LogP contribution is -2.32. The van der Waals surface area contributed by atoms with Gasteiger partial charge in [0.1, 0.15) is 10.6 Å². The number of sulfonamides is 1. The summed E-state index contributed by atoms with van der Waals surface area (Å²) >= 11 is 6.16. The van der Waals surface area contributed by atoms with E-state index in [1.165, 1.54) is 29.6 Å². The number of para-hydroxylation sites is 1. The Labute approximate surface area is 187 Å². The zero-order valence-electron chi connectivity index (χ0n) is 17.2. The number of ketones is 1. The highest BCUT2D eigenvalue weighted by Crippen LogP contribution is 2.28. The molecule has 0 radical (unpaired) electrons. The van der Waals surface area contributed by atoms with Crippen molar-refractivity contribution in [3.63, 3.8) is 0 Å². The predicted molar refractivity (Wildman–Crippen MR) is 116 cm³/mol. The fourth-order valence-corrected chi connectivity index (χ4v) is 5.43. The first-order valence-electron chi connectivity index (χ1n) is 9.97. The van der Waals surface area contributed by atoms with Crippen LogP contribution in [0.1, 0.15) is 46.4 Å². The quantitative estimate of drug-likeness (QED) is 0.454. The maximum absolute atomic E-state index is 13.1. The summed E-state index contributed by atoms with van der Waals surface area (Å²) in [4.78, 5) is 24.8. The molecule has 9 heteroatoms. The molecule has 1 saturated heterocycles. The third-order valence-electron chi connectivity index (χ3n) is 5.09. The standard InChI is InChI=1S/C22H24ClNO6S/c1-29-20-9-5-4-8-17(20)19(25)15-30-22(26)16-10-11-18(23)21(14-16)31(27,28)24-12-6-2-3-7-13-24/h4-5,8-11,14H,2-3,6-7,12-13,15H2,1H3. The average Bonchev–Trinajstić information content (AvgIpc) is 3.07. The van der Waals surface area contributed by atoms with Gasteiger partial charge in [-0.05, 0) is 43.2 Å². The van der Waals surface area contributed by atoms with Gasteiger partial charge in [0.25, 0.3) is 0 Å². The molecule has 0 amide bonds. The van der Waals surface area contributed by atoms with Crippen molar-refractivity contribution in [2.45, 2.75) is 30.6 Å². The molecule has 2 aromatic carbocycles. The summed E-state index contributed by atoms with van der Waals surface area (Å²) in [7, 11) is -2.40. The SMILES string of the molecule is COc1ccccc1C(=O)COC(=O)c1ccc(Cl)c(S(=O)(=O)N2CCCCCC2)c1. The van der Waals surface area contributed by atoms with Gasteiger partial charge in [-0.3, -0.25) is 4.79 Å². The molecule has 166 valence electrons. The Morgan fingerprint density at radius 3 is 2.39 bits per heavy atom. The van der Waals surface area contributed by atoms with Crippen LogP contribution in [0.15, 0.2) is 47.4 Å². The number of carbonyl (C=O) groups excluding carboxylic acids is 2. The Kier molecular flexibility index (Phi) is 7.69. The number of carbonyl (C=O) groups is 2. The Bertz CT molecular complexity index is 1060. The number of rotatable bonds is 7. The van der Waals surface area contributed by atoms with Gasteiger partial charge >= 0.3 is 5.97 Å². The monoisotopic (exact) mass is 465 g/mol. The van der Waals surface area contributed by atoms with Crippen LogP contribution in [0, 0.1) is 0 Å². The molecule has 0 saturated carbocycles. The molecule has 0 atom stereocenters. The summed E-state index contributed by atoms with van der Waals surface area (Å²) in [6.07, 6.45) is 3.52. The highest BCUT2D eigenvalue weighted by atomic mass is 35.5. The van der Waals surface area contributed by atoms with Crippen molar-refractivity contribution in [2.75, 3.05) is 26.8 Å². The van der Waals surface area contributed by atoms with E-state index < -0.39 is 28.4 Å². The van der Waals surface area contributed by atoms with Gasteiger partial charge in [-0.25, -0.2) is 13.2 Å². The van der Waals surface area contributed by atoms with Crippen molar-refractivity contribution in [3.05, 3.63) is 58.6 Å². The van der Waals surface area contributed by atoms with Crippen molar-refractivity contribution in [1.82, 2.24) is 4.31 Å². The van der Waals surface area contributed by atoms with Gasteiger partial charge in [0.05, 0.1) is 23.3 Å². The lowest BCUT2D eigenvalue weighted by atomic mass is 10.1. The fraction of sp³-hybridized carbons (Fsp3) is 0.364. The number of esters is 1. The van der Waals surface area contributed by atoms with Crippen molar-refractivity contribution < 1.29 is 27.5 Å². The van der Waals surface area contributed by atoms with E-state index in [2.05, 4.69) is 0 Å². The number of hydrogen-bond acceptors (Lipinski definition) is 6. The zero-order chi connectivity index (χ0) is 22.4. The molecular formula is C22H24ClNO6S. The van der Waals surface area contributed by atoms with Gasteiger partial charge in [0, 0.05) is 13.1 Å². The number of halogens is 1. The molecule has 3 rings (SSSR count). The van der Waals surface area contributed by atoms with Crippen LogP contribution in [0.5, 0.6) is 5.75 Å². The molecule has 2 aromatic rings. The van der Waals surface area contributed by atoms with Crippen molar-refractivity contribution in [3.8, 4) is 5.75 Å². The molecule has 1 fully saturated rings. The molecule has 0 aliphatic carbocycles. The maximum Gasteiger partial charge on any atom is 0.338 e. The molecule has 0 spiro atoms. The van der Waals surface area contributed by atoms with Gasteiger partial charge < -0.3 is 9.47 Å². The highest BCUT2D eigenvalue weighted by molar-refractivity contribution is 7.89. The Hall–Kier alpha value is -2.42. The molecular weight excluding hydrogens is 442 g/mol. The second kappa shape index (κ2) is 10.3. The highest BCUT2D eigenvalue weighted by Gasteiger charge is 2.28. The third kappa shape index (κ3) is 5.44. The van der Waals surface area contributed by atoms with E-state index >= 15 is 0 Å². The van der Waals surface area contributed by atoms with Gasteiger partial charge in [-0.2, -0.15) is 4.31 Å². The zero-order valence-corrected chi connectivity index (χ0v) is 18.7. The second-order valence-electron chi connectivity index (χ2n) is 7.16. The van der Waals surface area contributed by atoms with Crippen LogP contribution in [-0.2, 0) is 14.8 Å². The largest absolute Gasteiger partial charge is 0.496 e. The molecule has 1 aliphatic heterocycles. The number of ether oxygens (including phenoxy) is 2. The normalized spacial score (nSPS) is 15.2. The van der Waals surface area contributed by atoms with Crippen LogP contribution in [0.2, 0.25) is 5.02 Å². The Balaban J connectivity index is 1.76. The fourth-order valence-electron chi connectivity index (χ4n) is 3.42. The molecule has 0 bridgehead atoms. The lowest BCUT2D eigenvalue weighted by molar-refractivity contribution is 0.0473. The van der Waals surface area contributed by atoms with Crippen molar-refractivity contribution in [2.24, 2.45) is 0 Å². The summed E-state index contributed by atoms with van der Waals surface area (Å²) in [5.74, 6) is -0.870. The summed E-state index contributed by atoms with van der Waals surface area (Å²) in [5, 5.41) is 0.0332. The second-order valence-corrected chi connectivity index (χ2v) is 9.48. The summed E-state index contributed by atoms with van der Waals surface area (Å²) in [6.45, 7) is 0.331. The number of nitrogens with zero attached hydrogens (tertiary/aromatic N) is 1. The first kappa shape index (κ1) is 23.2. The topological polar surface area (TPSA) is 90.0 Å². The van der Waals surface area contributed by atoms with Gasteiger partial charge in [0.2, 0.25) is 15.8 Å². The van der Waals surface area contributed by atoms with E-state index in [9.17, 15) is 18.0 Å². The van der Waals surface area contributed by atoms with Crippen molar-refractivity contribution >= 4 is 33.4 Å². The van der Waals surface area contributed by atoms with Gasteiger partial charge in [-0.15, -0.1) is 0 Å². The third-order valence-corrected chi connectivity index (χ3v) is 7.47. The van der Waals surface area contributed by atoms with Crippen LogP contribution in [0.3, 0.4) is 0 Å². The lowest BCUT2D eigenvalue weighted by Gasteiger charge is -2.21. The van der Waals surface area contributed by atoms with E-state index in [4.69, 9.17) is 21.1 Å². The van der Waals surface area contributed by atoms with E-state index in [-0.39, 0.29) is 15.5 Å².